The summed E-state index contributed by atoms with van der Waals surface area (Å²) in [5.41, 5.74) is -5.11. The Hall–Kier alpha value is -1.84. The fourth-order valence-corrected chi connectivity index (χ4v) is 4.08. The van der Waals surface area contributed by atoms with Crippen LogP contribution in [0.3, 0.4) is 0 Å². The van der Waals surface area contributed by atoms with Gasteiger partial charge in [0.1, 0.15) is 5.82 Å². The van der Waals surface area contributed by atoms with Crippen LogP contribution in [0.4, 0.5) is 30.7 Å². The number of hydrogen-bond donors (Lipinski definition) is 1. The van der Waals surface area contributed by atoms with Crippen molar-refractivity contribution >= 4 is 5.91 Å². The summed E-state index contributed by atoms with van der Waals surface area (Å²) in [6, 6.07) is -0.812. The lowest BCUT2D eigenvalue weighted by atomic mass is 10.0. The third kappa shape index (κ3) is 4.26. The minimum Gasteiger partial charge on any atom is -0.348 e. The van der Waals surface area contributed by atoms with Crippen LogP contribution in [-0.4, -0.2) is 36.0 Å². The van der Waals surface area contributed by atoms with E-state index in [4.69, 9.17) is 0 Å². The Morgan fingerprint density at radius 2 is 1.61 bits per heavy atom. The monoisotopic (exact) mass is 412 g/mol. The molecule has 1 heterocycles. The molecule has 0 aromatic heterocycles. The lowest BCUT2D eigenvalue weighted by molar-refractivity contribution is -0.143. The number of alkyl halides is 6. The maximum absolute atomic E-state index is 14.2. The first-order chi connectivity index (χ1) is 13.0. The molecule has 10 heteroatoms. The van der Waals surface area contributed by atoms with Crippen LogP contribution in [0.1, 0.15) is 53.6 Å². The molecule has 3 rings (SSSR count). The topological polar surface area (TPSA) is 32.3 Å². The van der Waals surface area contributed by atoms with Crippen molar-refractivity contribution in [2.24, 2.45) is 0 Å². The second kappa shape index (κ2) is 7.53. The molecule has 28 heavy (non-hydrogen) atoms. The van der Waals surface area contributed by atoms with Crippen LogP contribution in [0.5, 0.6) is 0 Å². The highest BCUT2D eigenvalue weighted by Crippen LogP contribution is 2.39. The number of nitrogens with zero attached hydrogens (tertiary/aromatic N) is 1. The van der Waals surface area contributed by atoms with Gasteiger partial charge in [-0.2, -0.15) is 26.3 Å². The van der Waals surface area contributed by atoms with Gasteiger partial charge in [-0.25, -0.2) is 4.39 Å². The van der Waals surface area contributed by atoms with Crippen LogP contribution in [-0.2, 0) is 12.4 Å². The summed E-state index contributed by atoms with van der Waals surface area (Å²) in [4.78, 5) is 14.6. The van der Waals surface area contributed by atoms with Gasteiger partial charge < -0.3 is 5.32 Å². The van der Waals surface area contributed by atoms with Crippen molar-refractivity contribution in [3.63, 3.8) is 0 Å². The number of amides is 1. The lowest BCUT2D eigenvalue weighted by Gasteiger charge is -2.30. The van der Waals surface area contributed by atoms with Crippen molar-refractivity contribution in [1.29, 1.82) is 0 Å². The van der Waals surface area contributed by atoms with Crippen LogP contribution in [0.15, 0.2) is 12.1 Å². The largest absolute Gasteiger partial charge is 0.417 e. The Morgan fingerprint density at radius 3 is 2.18 bits per heavy atom. The van der Waals surface area contributed by atoms with E-state index in [1.54, 1.807) is 0 Å². The Bertz CT molecular complexity index is 739. The van der Waals surface area contributed by atoms with Crippen LogP contribution in [0, 0.1) is 5.82 Å². The zero-order chi connectivity index (χ0) is 20.7. The smallest absolute Gasteiger partial charge is 0.348 e. The zero-order valence-corrected chi connectivity index (χ0v) is 14.8. The Kier molecular flexibility index (Phi) is 5.62. The number of hydrogen-bond acceptors (Lipinski definition) is 2. The van der Waals surface area contributed by atoms with E-state index in [9.17, 15) is 35.5 Å². The van der Waals surface area contributed by atoms with Gasteiger partial charge >= 0.3 is 12.4 Å². The summed E-state index contributed by atoms with van der Waals surface area (Å²) in [6.07, 6.45) is -6.45. The van der Waals surface area contributed by atoms with E-state index >= 15 is 0 Å². The van der Waals surface area contributed by atoms with E-state index in [0.29, 0.717) is 6.42 Å². The normalized spacial score (nSPS) is 24.0. The van der Waals surface area contributed by atoms with Crippen LogP contribution >= 0.6 is 0 Å². The molecule has 1 saturated carbocycles. The molecule has 2 unspecified atom stereocenters. The van der Waals surface area contributed by atoms with Gasteiger partial charge in [-0.15, -0.1) is 0 Å². The highest BCUT2D eigenvalue weighted by molar-refractivity contribution is 5.96. The maximum atomic E-state index is 14.2. The molecule has 0 spiro atoms. The predicted molar refractivity (Wildman–Crippen MR) is 86.1 cm³/mol. The molecule has 2 fully saturated rings. The number of carbonyl (C=O) groups excluding carboxylic acids is 1. The SMILES string of the molecule is O=C(NC1CCCC1N1CCCC1)c1c(F)cc(C(F)(F)F)cc1C(F)(F)F. The summed E-state index contributed by atoms with van der Waals surface area (Å²) < 4.78 is 92.4. The minimum atomic E-state index is -5.31. The number of nitrogens with one attached hydrogen (secondary N) is 1. The Labute approximate surface area is 156 Å². The van der Waals surface area contributed by atoms with E-state index in [2.05, 4.69) is 10.2 Å². The summed E-state index contributed by atoms with van der Waals surface area (Å²) in [5, 5.41) is 2.43. The quantitative estimate of drug-likeness (QED) is 0.736. The molecule has 3 nitrogen and oxygen atoms in total. The van der Waals surface area contributed by atoms with E-state index in [-0.39, 0.29) is 18.2 Å². The summed E-state index contributed by atoms with van der Waals surface area (Å²) >= 11 is 0. The standard InChI is InChI=1S/C18H19F7N2O/c19-12-9-10(17(20,21)22)8-11(18(23,24)25)15(12)16(28)26-13-4-3-5-14(13)27-6-1-2-7-27/h8-9,13-14H,1-7H2,(H,26,28). The van der Waals surface area contributed by atoms with Gasteiger partial charge in [0, 0.05) is 12.1 Å². The van der Waals surface area contributed by atoms with Crippen LogP contribution in [0.2, 0.25) is 0 Å². The van der Waals surface area contributed by atoms with Crippen molar-refractivity contribution in [3.8, 4) is 0 Å². The molecule has 1 aliphatic heterocycles. The van der Waals surface area contributed by atoms with Gasteiger partial charge in [0.2, 0.25) is 0 Å². The molecule has 1 aromatic rings. The van der Waals surface area contributed by atoms with Gasteiger partial charge in [-0.1, -0.05) is 0 Å². The van der Waals surface area contributed by atoms with Crippen molar-refractivity contribution in [1.82, 2.24) is 10.2 Å². The number of halogens is 7. The van der Waals surface area contributed by atoms with Crippen LogP contribution in [0.25, 0.3) is 0 Å². The molecular weight excluding hydrogens is 393 g/mol. The van der Waals surface area contributed by atoms with Gasteiger partial charge in [0.05, 0.1) is 16.7 Å². The Morgan fingerprint density at radius 1 is 0.964 bits per heavy atom. The lowest BCUT2D eigenvalue weighted by Crippen LogP contribution is -2.48. The first-order valence-electron chi connectivity index (χ1n) is 9.01. The molecule has 0 radical (unpaired) electrons. The second-order valence-corrected chi connectivity index (χ2v) is 7.20. The molecule has 1 amide bonds. The van der Waals surface area contributed by atoms with Crippen molar-refractivity contribution in [2.75, 3.05) is 13.1 Å². The fourth-order valence-electron chi connectivity index (χ4n) is 4.08. The first-order valence-corrected chi connectivity index (χ1v) is 9.01. The van der Waals surface area contributed by atoms with Crippen LogP contribution < -0.4 is 5.32 Å². The molecule has 156 valence electrons. The van der Waals surface area contributed by atoms with E-state index in [1.807, 2.05) is 0 Å². The van der Waals surface area contributed by atoms with E-state index in [1.165, 1.54) is 0 Å². The number of rotatable bonds is 3. The Balaban J connectivity index is 1.90. The number of carbonyl (C=O) groups is 1. The maximum Gasteiger partial charge on any atom is 0.417 e. The molecule has 2 atom stereocenters. The zero-order valence-electron chi connectivity index (χ0n) is 14.8. The molecular formula is C18H19F7N2O. The number of likely N-dealkylation sites (tertiary alicyclic amines) is 1. The highest BCUT2D eigenvalue weighted by Gasteiger charge is 2.42. The minimum absolute atomic E-state index is 0.0571. The van der Waals surface area contributed by atoms with E-state index in [0.717, 1.165) is 38.8 Å². The third-order valence-electron chi connectivity index (χ3n) is 5.36. The summed E-state index contributed by atoms with van der Waals surface area (Å²) in [7, 11) is 0. The molecule has 0 bridgehead atoms. The molecule has 1 aliphatic carbocycles. The third-order valence-corrected chi connectivity index (χ3v) is 5.36. The fraction of sp³-hybridized carbons (Fsp3) is 0.611. The van der Waals surface area contributed by atoms with Crippen molar-refractivity contribution in [3.05, 3.63) is 34.6 Å². The summed E-state index contributed by atoms with van der Waals surface area (Å²) in [5.74, 6) is -3.18. The van der Waals surface area contributed by atoms with Crippen molar-refractivity contribution < 1.29 is 35.5 Å². The molecule has 1 aromatic carbocycles. The highest BCUT2D eigenvalue weighted by atomic mass is 19.4. The van der Waals surface area contributed by atoms with E-state index < -0.39 is 46.8 Å². The van der Waals surface area contributed by atoms with Gasteiger partial charge in [0.15, 0.2) is 0 Å². The average molecular weight is 412 g/mol. The van der Waals surface area contributed by atoms with Crippen molar-refractivity contribution in [2.45, 2.75) is 56.5 Å². The summed E-state index contributed by atoms with van der Waals surface area (Å²) in [6.45, 7) is 1.64. The first kappa shape index (κ1) is 20.9. The van der Waals surface area contributed by atoms with Gasteiger partial charge in [-0.05, 0) is 57.3 Å². The second-order valence-electron chi connectivity index (χ2n) is 7.20. The average Bonchev–Trinajstić information content (AvgIpc) is 3.23. The van der Waals surface area contributed by atoms with Gasteiger partial charge in [-0.3, -0.25) is 9.69 Å². The predicted octanol–water partition coefficient (Wildman–Crippen LogP) is 4.61. The number of benzene rings is 1. The van der Waals surface area contributed by atoms with Gasteiger partial charge in [0.25, 0.3) is 5.91 Å². The molecule has 1 saturated heterocycles. The molecule has 1 N–H and O–H groups in total. The molecule has 2 aliphatic rings.